The van der Waals surface area contributed by atoms with Crippen LogP contribution in [-0.4, -0.2) is 0 Å². The molecule has 0 amide bonds. The fourth-order valence-electron chi connectivity index (χ4n) is 2.78. The second-order valence-electron chi connectivity index (χ2n) is 4.95. The normalized spacial score (nSPS) is 13.5. The standard InChI is InChI=1S/C19H20/c1-4-16-11-9-10-14-19(16)18(5-2)15(3)17-12-7-6-8-13-17/h1,6-15,18H,5H2,2-3H3/t15-,18+/m1/s1. The minimum absolute atomic E-state index is 0.467. The van der Waals surface area contributed by atoms with Crippen LogP contribution in [0.3, 0.4) is 0 Å². The van der Waals surface area contributed by atoms with Gasteiger partial charge in [-0.25, -0.2) is 0 Å². The van der Waals surface area contributed by atoms with Crippen LogP contribution >= 0.6 is 0 Å². The molecule has 2 rings (SSSR count). The van der Waals surface area contributed by atoms with Gasteiger partial charge in [0.15, 0.2) is 0 Å². The van der Waals surface area contributed by atoms with Crippen LogP contribution in [0.4, 0.5) is 0 Å². The molecule has 0 spiro atoms. The summed E-state index contributed by atoms with van der Waals surface area (Å²) in [5, 5.41) is 0. The summed E-state index contributed by atoms with van der Waals surface area (Å²) in [7, 11) is 0. The molecule has 0 nitrogen and oxygen atoms in total. The lowest BCUT2D eigenvalue weighted by Gasteiger charge is -2.24. The highest BCUT2D eigenvalue weighted by atomic mass is 14.2. The van der Waals surface area contributed by atoms with E-state index in [1.165, 1.54) is 11.1 Å². The second kappa shape index (κ2) is 6.25. The highest BCUT2D eigenvalue weighted by molar-refractivity contribution is 5.43. The SMILES string of the molecule is C#Cc1ccccc1[C@@H](CC)[C@H](C)c1ccccc1. The molecule has 0 saturated heterocycles. The van der Waals surface area contributed by atoms with Gasteiger partial charge in [-0.05, 0) is 35.4 Å². The summed E-state index contributed by atoms with van der Waals surface area (Å²) in [5.74, 6) is 3.76. The van der Waals surface area contributed by atoms with Gasteiger partial charge in [-0.15, -0.1) is 6.42 Å². The summed E-state index contributed by atoms with van der Waals surface area (Å²) in [4.78, 5) is 0. The summed E-state index contributed by atoms with van der Waals surface area (Å²) < 4.78 is 0. The summed E-state index contributed by atoms with van der Waals surface area (Å²) in [6, 6.07) is 19.0. The van der Waals surface area contributed by atoms with Gasteiger partial charge in [0.05, 0.1) is 0 Å². The van der Waals surface area contributed by atoms with Crippen LogP contribution in [0.2, 0.25) is 0 Å². The van der Waals surface area contributed by atoms with E-state index in [0.29, 0.717) is 11.8 Å². The summed E-state index contributed by atoms with van der Waals surface area (Å²) in [6.45, 7) is 4.52. The van der Waals surface area contributed by atoms with Crippen LogP contribution in [0, 0.1) is 12.3 Å². The second-order valence-corrected chi connectivity index (χ2v) is 4.95. The zero-order chi connectivity index (χ0) is 13.7. The number of rotatable bonds is 4. The number of hydrogen-bond acceptors (Lipinski definition) is 0. The van der Waals surface area contributed by atoms with Crippen LogP contribution in [0.15, 0.2) is 54.6 Å². The zero-order valence-corrected chi connectivity index (χ0v) is 11.6. The molecule has 0 heterocycles. The van der Waals surface area contributed by atoms with Crippen LogP contribution < -0.4 is 0 Å². The van der Waals surface area contributed by atoms with Gasteiger partial charge in [0.25, 0.3) is 0 Å². The molecule has 0 aliphatic carbocycles. The first-order valence-electron chi connectivity index (χ1n) is 6.88. The van der Waals surface area contributed by atoms with Gasteiger partial charge < -0.3 is 0 Å². The van der Waals surface area contributed by atoms with Crippen molar-refractivity contribution in [3.8, 4) is 12.3 Å². The fourth-order valence-corrected chi connectivity index (χ4v) is 2.78. The minimum Gasteiger partial charge on any atom is -0.115 e. The molecule has 0 aromatic heterocycles. The van der Waals surface area contributed by atoms with E-state index < -0.39 is 0 Å². The van der Waals surface area contributed by atoms with Gasteiger partial charge in [0, 0.05) is 5.56 Å². The van der Waals surface area contributed by atoms with Gasteiger partial charge in [-0.3, -0.25) is 0 Å². The molecule has 96 valence electrons. The van der Waals surface area contributed by atoms with E-state index in [2.05, 4.69) is 62.2 Å². The molecule has 0 aliphatic heterocycles. The number of hydrogen-bond donors (Lipinski definition) is 0. The molecule has 2 atom stereocenters. The maximum Gasteiger partial charge on any atom is 0.0277 e. The lowest BCUT2D eigenvalue weighted by Crippen LogP contribution is -2.09. The Balaban J connectivity index is 2.38. The Labute approximate surface area is 116 Å². The lowest BCUT2D eigenvalue weighted by atomic mass is 9.79. The largest absolute Gasteiger partial charge is 0.115 e. The third kappa shape index (κ3) is 2.88. The van der Waals surface area contributed by atoms with E-state index in [1.54, 1.807) is 0 Å². The maximum absolute atomic E-state index is 5.63. The van der Waals surface area contributed by atoms with E-state index in [0.717, 1.165) is 12.0 Å². The molecule has 0 N–H and O–H groups in total. The van der Waals surface area contributed by atoms with Crippen molar-refractivity contribution < 1.29 is 0 Å². The van der Waals surface area contributed by atoms with Gasteiger partial charge in [-0.2, -0.15) is 0 Å². The molecular formula is C19H20. The van der Waals surface area contributed by atoms with Gasteiger partial charge in [0.1, 0.15) is 0 Å². The van der Waals surface area contributed by atoms with Crippen molar-refractivity contribution >= 4 is 0 Å². The summed E-state index contributed by atoms with van der Waals surface area (Å²) in [6.07, 6.45) is 6.72. The third-order valence-electron chi connectivity index (χ3n) is 3.88. The molecule has 0 radical (unpaired) electrons. The van der Waals surface area contributed by atoms with Crippen molar-refractivity contribution in [1.82, 2.24) is 0 Å². The van der Waals surface area contributed by atoms with E-state index in [9.17, 15) is 0 Å². The molecule has 0 fully saturated rings. The fraction of sp³-hybridized carbons (Fsp3) is 0.263. The lowest BCUT2D eigenvalue weighted by molar-refractivity contribution is 0.558. The van der Waals surface area contributed by atoms with E-state index in [4.69, 9.17) is 6.42 Å². The first-order valence-corrected chi connectivity index (χ1v) is 6.88. The van der Waals surface area contributed by atoms with E-state index in [1.807, 2.05) is 12.1 Å². The van der Waals surface area contributed by atoms with Crippen molar-refractivity contribution in [2.75, 3.05) is 0 Å². The van der Waals surface area contributed by atoms with Crippen LogP contribution in [0.5, 0.6) is 0 Å². The minimum atomic E-state index is 0.467. The molecule has 2 aromatic rings. The quantitative estimate of drug-likeness (QED) is 0.670. The van der Waals surface area contributed by atoms with Crippen LogP contribution in [0.1, 0.15) is 48.8 Å². The Bertz CT molecular complexity index is 560. The first-order chi connectivity index (χ1) is 9.27. The van der Waals surface area contributed by atoms with Gasteiger partial charge >= 0.3 is 0 Å². The van der Waals surface area contributed by atoms with Gasteiger partial charge in [-0.1, -0.05) is 68.3 Å². The average molecular weight is 248 g/mol. The van der Waals surface area contributed by atoms with E-state index >= 15 is 0 Å². The Morgan fingerprint density at radius 1 is 1.00 bits per heavy atom. The molecule has 0 unspecified atom stereocenters. The molecule has 0 saturated carbocycles. The number of benzene rings is 2. The molecule has 19 heavy (non-hydrogen) atoms. The topological polar surface area (TPSA) is 0 Å². The smallest absolute Gasteiger partial charge is 0.0277 e. The van der Waals surface area contributed by atoms with Crippen molar-refractivity contribution in [1.29, 1.82) is 0 Å². The highest BCUT2D eigenvalue weighted by Gasteiger charge is 2.20. The molecule has 0 heteroatoms. The Morgan fingerprint density at radius 2 is 1.63 bits per heavy atom. The monoisotopic (exact) mass is 248 g/mol. The molecular weight excluding hydrogens is 228 g/mol. The number of terminal acetylenes is 1. The first kappa shape index (κ1) is 13.4. The van der Waals surface area contributed by atoms with Crippen molar-refractivity contribution in [2.24, 2.45) is 0 Å². The van der Waals surface area contributed by atoms with Crippen molar-refractivity contribution in [3.05, 3.63) is 71.3 Å². The van der Waals surface area contributed by atoms with Gasteiger partial charge in [0.2, 0.25) is 0 Å². The Hall–Kier alpha value is -2.00. The van der Waals surface area contributed by atoms with Crippen LogP contribution in [-0.2, 0) is 0 Å². The van der Waals surface area contributed by atoms with Crippen molar-refractivity contribution in [3.63, 3.8) is 0 Å². The summed E-state index contributed by atoms with van der Waals surface area (Å²) >= 11 is 0. The third-order valence-corrected chi connectivity index (χ3v) is 3.88. The Kier molecular flexibility index (Phi) is 4.42. The Morgan fingerprint density at radius 3 is 2.26 bits per heavy atom. The predicted molar refractivity (Wildman–Crippen MR) is 82.3 cm³/mol. The zero-order valence-electron chi connectivity index (χ0n) is 11.6. The predicted octanol–water partition coefficient (Wildman–Crippen LogP) is 4.97. The molecule has 0 bridgehead atoms. The van der Waals surface area contributed by atoms with E-state index in [-0.39, 0.29) is 0 Å². The maximum atomic E-state index is 5.63. The molecule has 2 aromatic carbocycles. The average Bonchev–Trinajstić information content (AvgIpc) is 2.49. The molecule has 0 aliphatic rings. The summed E-state index contributed by atoms with van der Waals surface area (Å²) in [5.41, 5.74) is 3.70. The van der Waals surface area contributed by atoms with Crippen LogP contribution in [0.25, 0.3) is 0 Å². The van der Waals surface area contributed by atoms with Crippen molar-refractivity contribution in [2.45, 2.75) is 32.1 Å². The highest BCUT2D eigenvalue weighted by Crippen LogP contribution is 2.36.